The summed E-state index contributed by atoms with van der Waals surface area (Å²) >= 11 is 0. The van der Waals surface area contributed by atoms with Crippen LogP contribution in [0.3, 0.4) is 0 Å². The van der Waals surface area contributed by atoms with Gasteiger partial charge in [-0.2, -0.15) is 13.2 Å². The molecule has 0 radical (unpaired) electrons. The number of hydrogen-bond acceptors (Lipinski definition) is 2. The molecule has 0 aromatic carbocycles. The number of nitrogens with one attached hydrogen (secondary N) is 1. The molecule has 0 unspecified atom stereocenters. The second kappa shape index (κ2) is 4.18. The van der Waals surface area contributed by atoms with Crippen molar-refractivity contribution in [2.24, 2.45) is 0 Å². The first kappa shape index (κ1) is 12.0. The standard InChI is InChI=1S/C8H14F3NOS/c1-12-7(6-8(9,10)11)2-4-14(13)5-3-7/h12H,2-6H2,1H3. The molecule has 0 saturated carbocycles. The Labute approximate surface area is 83.7 Å². The quantitative estimate of drug-likeness (QED) is 0.776. The summed E-state index contributed by atoms with van der Waals surface area (Å²) < 4.78 is 47.8. The van der Waals surface area contributed by atoms with Gasteiger partial charge in [0.15, 0.2) is 0 Å². The lowest BCUT2D eigenvalue weighted by Crippen LogP contribution is -2.50. The van der Waals surface area contributed by atoms with Gasteiger partial charge in [0.1, 0.15) is 0 Å². The van der Waals surface area contributed by atoms with E-state index in [-0.39, 0.29) is 0 Å². The van der Waals surface area contributed by atoms with Gasteiger partial charge in [-0.25, -0.2) is 0 Å². The van der Waals surface area contributed by atoms with E-state index in [2.05, 4.69) is 5.32 Å². The zero-order chi connectivity index (χ0) is 10.8. The summed E-state index contributed by atoms with van der Waals surface area (Å²) in [6.45, 7) is 0. The van der Waals surface area contributed by atoms with Gasteiger partial charge in [-0.05, 0) is 19.9 Å². The Kier molecular flexibility index (Phi) is 3.58. The van der Waals surface area contributed by atoms with Crippen LogP contribution in [-0.4, -0.2) is 34.5 Å². The van der Waals surface area contributed by atoms with Crippen LogP contribution < -0.4 is 5.32 Å². The van der Waals surface area contributed by atoms with E-state index >= 15 is 0 Å². The van der Waals surface area contributed by atoms with Crippen molar-refractivity contribution in [3.05, 3.63) is 0 Å². The summed E-state index contributed by atoms with van der Waals surface area (Å²) in [5, 5.41) is 2.74. The highest BCUT2D eigenvalue weighted by atomic mass is 32.2. The molecule has 6 heteroatoms. The van der Waals surface area contributed by atoms with E-state index in [1.165, 1.54) is 0 Å². The molecule has 0 spiro atoms. The predicted octanol–water partition coefficient (Wildman–Crippen LogP) is 1.44. The van der Waals surface area contributed by atoms with Gasteiger partial charge >= 0.3 is 6.18 Å². The summed E-state index contributed by atoms with van der Waals surface area (Å²) in [5.41, 5.74) is -0.883. The molecule has 0 aromatic heterocycles. The third-order valence-corrected chi connectivity index (χ3v) is 4.00. The lowest BCUT2D eigenvalue weighted by atomic mass is 9.88. The molecule has 0 amide bonds. The fraction of sp³-hybridized carbons (Fsp3) is 1.00. The average Bonchev–Trinajstić information content (AvgIpc) is 2.07. The molecule has 2 nitrogen and oxygen atoms in total. The van der Waals surface area contributed by atoms with Gasteiger partial charge in [0.25, 0.3) is 0 Å². The van der Waals surface area contributed by atoms with Crippen molar-refractivity contribution in [3.63, 3.8) is 0 Å². The van der Waals surface area contributed by atoms with Crippen LogP contribution in [0, 0.1) is 0 Å². The zero-order valence-corrected chi connectivity index (χ0v) is 8.80. The summed E-state index contributed by atoms with van der Waals surface area (Å²) in [6, 6.07) is 0. The fourth-order valence-electron chi connectivity index (χ4n) is 1.74. The highest BCUT2D eigenvalue weighted by Crippen LogP contribution is 2.34. The van der Waals surface area contributed by atoms with Gasteiger partial charge in [-0.1, -0.05) is 0 Å². The van der Waals surface area contributed by atoms with Crippen molar-refractivity contribution in [2.45, 2.75) is 31.0 Å². The van der Waals surface area contributed by atoms with Crippen LogP contribution in [0.25, 0.3) is 0 Å². The molecule has 0 aromatic rings. The van der Waals surface area contributed by atoms with E-state index < -0.39 is 28.9 Å². The minimum Gasteiger partial charge on any atom is -0.314 e. The molecular weight excluding hydrogens is 215 g/mol. The van der Waals surface area contributed by atoms with E-state index in [0.29, 0.717) is 24.3 Å². The average molecular weight is 229 g/mol. The minimum atomic E-state index is -4.15. The van der Waals surface area contributed by atoms with Crippen molar-refractivity contribution < 1.29 is 17.4 Å². The van der Waals surface area contributed by atoms with Crippen LogP contribution in [0.4, 0.5) is 13.2 Å². The first-order valence-corrected chi connectivity index (χ1v) is 5.96. The largest absolute Gasteiger partial charge is 0.390 e. The van der Waals surface area contributed by atoms with Crippen molar-refractivity contribution in [3.8, 4) is 0 Å². The van der Waals surface area contributed by atoms with Crippen molar-refractivity contribution in [1.29, 1.82) is 0 Å². The molecule has 1 rings (SSSR count). The molecule has 1 fully saturated rings. The first-order chi connectivity index (χ1) is 6.37. The molecule has 1 heterocycles. The molecule has 14 heavy (non-hydrogen) atoms. The molecule has 1 saturated heterocycles. The summed E-state index contributed by atoms with van der Waals surface area (Å²) in [6.07, 6.45) is -4.29. The Bertz CT molecular complexity index is 219. The third-order valence-electron chi connectivity index (χ3n) is 2.69. The van der Waals surface area contributed by atoms with Gasteiger partial charge in [-0.3, -0.25) is 4.21 Å². The van der Waals surface area contributed by atoms with Crippen LogP contribution in [0.1, 0.15) is 19.3 Å². The van der Waals surface area contributed by atoms with Crippen LogP contribution in [0.15, 0.2) is 0 Å². The number of rotatable bonds is 2. The Morgan fingerprint density at radius 3 is 2.21 bits per heavy atom. The smallest absolute Gasteiger partial charge is 0.314 e. The predicted molar refractivity (Wildman–Crippen MR) is 49.6 cm³/mol. The van der Waals surface area contributed by atoms with Crippen LogP contribution in [-0.2, 0) is 10.8 Å². The Balaban J connectivity index is 2.63. The van der Waals surface area contributed by atoms with Crippen molar-refractivity contribution >= 4 is 10.8 Å². The maximum Gasteiger partial charge on any atom is 0.390 e. The monoisotopic (exact) mass is 229 g/mol. The molecule has 1 N–H and O–H groups in total. The fourth-order valence-corrected chi connectivity index (χ4v) is 3.19. The number of alkyl halides is 3. The van der Waals surface area contributed by atoms with Crippen LogP contribution in [0.2, 0.25) is 0 Å². The molecule has 1 aliphatic heterocycles. The molecule has 84 valence electrons. The van der Waals surface area contributed by atoms with E-state index in [1.54, 1.807) is 7.05 Å². The number of halogens is 3. The molecule has 0 atom stereocenters. The summed E-state index contributed by atoms with van der Waals surface area (Å²) in [7, 11) is 0.618. The lowest BCUT2D eigenvalue weighted by Gasteiger charge is -2.37. The summed E-state index contributed by atoms with van der Waals surface area (Å²) in [4.78, 5) is 0. The maximum atomic E-state index is 12.3. The summed E-state index contributed by atoms with van der Waals surface area (Å²) in [5.74, 6) is 0.744. The van der Waals surface area contributed by atoms with E-state index in [9.17, 15) is 17.4 Å². The molecule has 0 aliphatic carbocycles. The molecular formula is C8H14F3NOS. The lowest BCUT2D eigenvalue weighted by molar-refractivity contribution is -0.150. The van der Waals surface area contributed by atoms with E-state index in [0.717, 1.165) is 0 Å². The highest BCUT2D eigenvalue weighted by molar-refractivity contribution is 7.85. The Morgan fingerprint density at radius 1 is 1.36 bits per heavy atom. The van der Waals surface area contributed by atoms with Crippen molar-refractivity contribution in [2.75, 3.05) is 18.6 Å². The Morgan fingerprint density at radius 2 is 1.86 bits per heavy atom. The van der Waals surface area contributed by atoms with E-state index in [1.807, 2.05) is 0 Å². The molecule has 1 aliphatic rings. The van der Waals surface area contributed by atoms with Gasteiger partial charge in [0, 0.05) is 27.8 Å². The van der Waals surface area contributed by atoms with Gasteiger partial charge in [0.05, 0.1) is 6.42 Å². The Hall–Kier alpha value is -0.100. The van der Waals surface area contributed by atoms with Gasteiger partial charge in [0.2, 0.25) is 0 Å². The molecule has 0 bridgehead atoms. The third kappa shape index (κ3) is 3.24. The highest BCUT2D eigenvalue weighted by Gasteiger charge is 2.43. The topological polar surface area (TPSA) is 29.1 Å². The number of hydrogen-bond donors (Lipinski definition) is 1. The van der Waals surface area contributed by atoms with E-state index in [4.69, 9.17) is 0 Å². The van der Waals surface area contributed by atoms with Crippen LogP contribution in [0.5, 0.6) is 0 Å². The SMILES string of the molecule is CNC1(CC(F)(F)F)CCS(=O)CC1. The maximum absolute atomic E-state index is 12.3. The second-order valence-electron chi connectivity index (χ2n) is 3.67. The van der Waals surface area contributed by atoms with Gasteiger partial charge in [-0.15, -0.1) is 0 Å². The zero-order valence-electron chi connectivity index (χ0n) is 7.99. The normalized spacial score (nSPS) is 34.4. The minimum absolute atomic E-state index is 0.343. The van der Waals surface area contributed by atoms with Gasteiger partial charge < -0.3 is 5.32 Å². The van der Waals surface area contributed by atoms with Crippen molar-refractivity contribution in [1.82, 2.24) is 5.32 Å². The second-order valence-corrected chi connectivity index (χ2v) is 5.37. The first-order valence-electron chi connectivity index (χ1n) is 4.48. The van der Waals surface area contributed by atoms with Crippen LogP contribution >= 0.6 is 0 Å².